The van der Waals surface area contributed by atoms with Crippen molar-refractivity contribution in [2.45, 2.75) is 6.42 Å². The Kier molecular flexibility index (Phi) is 6.85. The number of aromatic nitrogens is 1. The van der Waals surface area contributed by atoms with Gasteiger partial charge in [-0.05, 0) is 18.6 Å². The number of amides is 1. The van der Waals surface area contributed by atoms with Gasteiger partial charge in [0, 0.05) is 63.6 Å². The van der Waals surface area contributed by atoms with Crippen LogP contribution in [0.1, 0.15) is 6.42 Å². The fraction of sp³-hybridized carbons (Fsp3) is 0.474. The Balaban J connectivity index is 1.29. The normalized spacial score (nSPS) is 15.0. The second-order valence-corrected chi connectivity index (χ2v) is 7.41. The molecule has 1 saturated heterocycles. The van der Waals surface area contributed by atoms with E-state index < -0.39 is 0 Å². The van der Waals surface area contributed by atoms with Gasteiger partial charge in [0.05, 0.1) is 6.54 Å². The van der Waals surface area contributed by atoms with Gasteiger partial charge in [0.1, 0.15) is 0 Å². The van der Waals surface area contributed by atoms with E-state index >= 15 is 0 Å². The van der Waals surface area contributed by atoms with E-state index in [1.54, 1.807) is 11.3 Å². The summed E-state index contributed by atoms with van der Waals surface area (Å²) in [5.41, 5.74) is 1.21. The highest BCUT2D eigenvalue weighted by Crippen LogP contribution is 2.18. The molecule has 0 bridgehead atoms. The second kappa shape index (κ2) is 9.54. The summed E-state index contributed by atoms with van der Waals surface area (Å²) >= 11 is 1.67. The van der Waals surface area contributed by atoms with Crippen molar-refractivity contribution in [3.05, 3.63) is 41.9 Å². The summed E-state index contributed by atoms with van der Waals surface area (Å²) in [6.45, 7) is 5.81. The number of hydrogen-bond donors (Lipinski definition) is 1. The summed E-state index contributed by atoms with van der Waals surface area (Å²) in [6, 6.07) is 10.3. The van der Waals surface area contributed by atoms with Crippen LogP contribution in [0.25, 0.3) is 0 Å². The first kappa shape index (κ1) is 18.7. The topological polar surface area (TPSA) is 51.7 Å². The van der Waals surface area contributed by atoms with Crippen LogP contribution in [0.5, 0.6) is 0 Å². The van der Waals surface area contributed by atoms with Crippen molar-refractivity contribution in [3.8, 4) is 0 Å². The highest BCUT2D eigenvalue weighted by molar-refractivity contribution is 7.13. The van der Waals surface area contributed by atoms with Crippen LogP contribution >= 0.6 is 11.3 Å². The Morgan fingerprint density at radius 1 is 1.23 bits per heavy atom. The van der Waals surface area contributed by atoms with E-state index in [0.29, 0.717) is 6.54 Å². The monoisotopic (exact) mass is 373 g/mol. The average Bonchev–Trinajstić information content (AvgIpc) is 3.21. The summed E-state index contributed by atoms with van der Waals surface area (Å²) in [5, 5.41) is 6.13. The summed E-state index contributed by atoms with van der Waals surface area (Å²) in [7, 11) is 2.08. The summed E-state index contributed by atoms with van der Waals surface area (Å²) in [5.74, 6) is 0.120. The molecule has 0 saturated carbocycles. The van der Waals surface area contributed by atoms with Crippen molar-refractivity contribution in [3.63, 3.8) is 0 Å². The maximum atomic E-state index is 12.1. The van der Waals surface area contributed by atoms with Crippen LogP contribution in [0.2, 0.25) is 0 Å². The molecule has 1 aromatic heterocycles. The van der Waals surface area contributed by atoms with Gasteiger partial charge in [0.15, 0.2) is 5.13 Å². The van der Waals surface area contributed by atoms with Crippen LogP contribution in [0.4, 0.5) is 10.8 Å². The molecule has 1 aliphatic rings. The SMILES string of the molecule is CN(CCCNC(=O)CN1CCN(c2nccs2)CC1)c1ccccc1. The fourth-order valence-electron chi connectivity index (χ4n) is 3.08. The molecule has 1 aliphatic heterocycles. The number of carbonyl (C=O) groups is 1. The Labute approximate surface area is 159 Å². The van der Waals surface area contributed by atoms with E-state index in [4.69, 9.17) is 0 Å². The standard InChI is InChI=1S/C19H27N5OS/c1-22(17-6-3-2-4-7-17)10-5-8-20-18(25)16-23-11-13-24(14-12-23)19-21-9-15-26-19/h2-4,6-7,9,15H,5,8,10-14,16H2,1H3,(H,20,25). The quantitative estimate of drug-likeness (QED) is 0.717. The zero-order valence-corrected chi connectivity index (χ0v) is 16.1. The van der Waals surface area contributed by atoms with Crippen LogP contribution in [0.3, 0.4) is 0 Å². The first-order valence-corrected chi connectivity index (χ1v) is 10.00. The van der Waals surface area contributed by atoms with Crippen LogP contribution < -0.4 is 15.1 Å². The zero-order valence-electron chi connectivity index (χ0n) is 15.3. The van der Waals surface area contributed by atoms with E-state index in [1.807, 2.05) is 29.8 Å². The lowest BCUT2D eigenvalue weighted by Gasteiger charge is -2.34. The van der Waals surface area contributed by atoms with Crippen molar-refractivity contribution in [1.29, 1.82) is 0 Å². The van der Waals surface area contributed by atoms with Crippen molar-refractivity contribution >= 4 is 28.1 Å². The first-order valence-electron chi connectivity index (χ1n) is 9.12. The number of benzene rings is 1. The van der Waals surface area contributed by atoms with Gasteiger partial charge in [0.25, 0.3) is 0 Å². The molecule has 0 atom stereocenters. The largest absolute Gasteiger partial charge is 0.375 e. The number of piperazine rings is 1. The van der Waals surface area contributed by atoms with E-state index in [0.717, 1.165) is 50.8 Å². The number of para-hydroxylation sites is 1. The van der Waals surface area contributed by atoms with Crippen molar-refractivity contribution < 1.29 is 4.79 Å². The smallest absolute Gasteiger partial charge is 0.234 e. The molecule has 0 spiro atoms. The molecule has 6 nitrogen and oxygen atoms in total. The van der Waals surface area contributed by atoms with Gasteiger partial charge in [0.2, 0.25) is 5.91 Å². The van der Waals surface area contributed by atoms with Crippen LogP contribution in [-0.4, -0.2) is 68.7 Å². The van der Waals surface area contributed by atoms with Gasteiger partial charge < -0.3 is 15.1 Å². The van der Waals surface area contributed by atoms with E-state index in [1.165, 1.54) is 5.69 Å². The lowest BCUT2D eigenvalue weighted by Crippen LogP contribution is -2.49. The van der Waals surface area contributed by atoms with Crippen molar-refractivity contribution in [1.82, 2.24) is 15.2 Å². The van der Waals surface area contributed by atoms with Gasteiger partial charge in [-0.25, -0.2) is 4.98 Å². The lowest BCUT2D eigenvalue weighted by atomic mass is 10.3. The molecule has 2 heterocycles. The molecule has 0 aliphatic carbocycles. The lowest BCUT2D eigenvalue weighted by molar-refractivity contribution is -0.122. The molecule has 0 radical (unpaired) electrons. The third-order valence-corrected chi connectivity index (χ3v) is 5.45. The van der Waals surface area contributed by atoms with Crippen molar-refractivity contribution in [2.24, 2.45) is 0 Å². The summed E-state index contributed by atoms with van der Waals surface area (Å²) in [4.78, 5) is 23.2. The molecule has 26 heavy (non-hydrogen) atoms. The van der Waals surface area contributed by atoms with Crippen LogP contribution in [0, 0.1) is 0 Å². The maximum absolute atomic E-state index is 12.1. The number of nitrogens with zero attached hydrogens (tertiary/aromatic N) is 4. The van der Waals surface area contributed by atoms with Gasteiger partial charge in [-0.15, -0.1) is 11.3 Å². The van der Waals surface area contributed by atoms with Gasteiger partial charge in [-0.1, -0.05) is 18.2 Å². The molecule has 1 amide bonds. The molecule has 1 N–H and O–H groups in total. The molecular formula is C19H27N5OS. The van der Waals surface area contributed by atoms with Crippen LogP contribution in [0.15, 0.2) is 41.9 Å². The number of thiazole rings is 1. The number of carbonyl (C=O) groups excluding carboxylic acids is 1. The van der Waals surface area contributed by atoms with Gasteiger partial charge in [-0.2, -0.15) is 0 Å². The minimum atomic E-state index is 0.120. The van der Waals surface area contributed by atoms with Gasteiger partial charge >= 0.3 is 0 Å². The van der Waals surface area contributed by atoms with Crippen molar-refractivity contribution in [2.75, 3.05) is 62.7 Å². The van der Waals surface area contributed by atoms with Crippen LogP contribution in [-0.2, 0) is 4.79 Å². The minimum Gasteiger partial charge on any atom is -0.375 e. The van der Waals surface area contributed by atoms with Gasteiger partial charge in [-0.3, -0.25) is 9.69 Å². The predicted molar refractivity (Wildman–Crippen MR) is 108 cm³/mol. The molecule has 3 rings (SSSR count). The average molecular weight is 374 g/mol. The summed E-state index contributed by atoms with van der Waals surface area (Å²) < 4.78 is 0. The van der Waals surface area contributed by atoms with E-state index in [9.17, 15) is 4.79 Å². The molecule has 140 valence electrons. The second-order valence-electron chi connectivity index (χ2n) is 6.54. The highest BCUT2D eigenvalue weighted by atomic mass is 32.1. The molecule has 1 aromatic carbocycles. The number of rotatable bonds is 8. The summed E-state index contributed by atoms with van der Waals surface area (Å²) in [6.07, 6.45) is 2.78. The Bertz CT molecular complexity index is 656. The molecule has 7 heteroatoms. The fourth-order valence-corrected chi connectivity index (χ4v) is 3.78. The van der Waals surface area contributed by atoms with E-state index in [2.05, 4.69) is 44.2 Å². The molecule has 1 fully saturated rings. The first-order chi connectivity index (χ1) is 12.7. The predicted octanol–water partition coefficient (Wildman–Crippen LogP) is 1.91. The third-order valence-electron chi connectivity index (χ3n) is 4.62. The molecule has 2 aromatic rings. The highest BCUT2D eigenvalue weighted by Gasteiger charge is 2.20. The Morgan fingerprint density at radius 2 is 2.00 bits per heavy atom. The number of anilines is 2. The number of hydrogen-bond acceptors (Lipinski definition) is 6. The maximum Gasteiger partial charge on any atom is 0.234 e. The third kappa shape index (κ3) is 5.44. The Hall–Kier alpha value is -2.12. The molecular weight excluding hydrogens is 346 g/mol. The van der Waals surface area contributed by atoms with E-state index in [-0.39, 0.29) is 5.91 Å². The molecule has 0 unspecified atom stereocenters. The number of nitrogens with one attached hydrogen (secondary N) is 1. The zero-order chi connectivity index (χ0) is 18.2. The minimum absolute atomic E-state index is 0.120. The Morgan fingerprint density at radius 3 is 2.69 bits per heavy atom.